The maximum Gasteiger partial charge on any atom is 0.335 e. The van der Waals surface area contributed by atoms with Crippen LogP contribution in [0.1, 0.15) is 10.4 Å². The monoisotopic (exact) mass is 335 g/mol. The molecule has 1 aromatic carbocycles. The number of nitrogens with one attached hydrogen (secondary N) is 1. The number of hydrogen-bond acceptors (Lipinski definition) is 7. The van der Waals surface area contributed by atoms with Gasteiger partial charge in [0.15, 0.2) is 0 Å². The zero-order chi connectivity index (χ0) is 16.2. The topological polar surface area (TPSA) is 100 Å². The SMILES string of the molecule is O=C(O)c1ccc(Nc2nc(Cl)nc(N3CCOCC3)n2)cc1. The van der Waals surface area contributed by atoms with Crippen molar-refractivity contribution >= 4 is 35.2 Å². The van der Waals surface area contributed by atoms with Gasteiger partial charge in [0.25, 0.3) is 0 Å². The number of halogens is 1. The smallest absolute Gasteiger partial charge is 0.335 e. The fourth-order valence-corrected chi connectivity index (χ4v) is 2.28. The molecule has 1 saturated heterocycles. The van der Waals surface area contributed by atoms with Gasteiger partial charge >= 0.3 is 5.97 Å². The number of morpholine rings is 1. The third-order valence-electron chi connectivity index (χ3n) is 3.28. The van der Waals surface area contributed by atoms with Crippen molar-refractivity contribution < 1.29 is 14.6 Å². The normalized spacial score (nSPS) is 14.6. The highest BCUT2D eigenvalue weighted by atomic mass is 35.5. The third-order valence-corrected chi connectivity index (χ3v) is 3.45. The van der Waals surface area contributed by atoms with E-state index in [4.69, 9.17) is 21.4 Å². The molecule has 2 aromatic rings. The van der Waals surface area contributed by atoms with E-state index in [2.05, 4.69) is 20.3 Å². The van der Waals surface area contributed by atoms with E-state index in [-0.39, 0.29) is 10.8 Å². The lowest BCUT2D eigenvalue weighted by atomic mass is 10.2. The second-order valence-electron chi connectivity index (χ2n) is 4.83. The van der Waals surface area contributed by atoms with Gasteiger partial charge in [0.05, 0.1) is 18.8 Å². The summed E-state index contributed by atoms with van der Waals surface area (Å²) in [6, 6.07) is 6.26. The summed E-state index contributed by atoms with van der Waals surface area (Å²) >= 11 is 5.96. The summed E-state index contributed by atoms with van der Waals surface area (Å²) in [5.41, 5.74) is 0.864. The summed E-state index contributed by atoms with van der Waals surface area (Å²) in [6.07, 6.45) is 0. The highest BCUT2D eigenvalue weighted by Gasteiger charge is 2.16. The molecular formula is C14H14ClN5O3. The molecule has 2 heterocycles. The Labute approximate surface area is 137 Å². The molecule has 2 N–H and O–H groups in total. The number of carbonyl (C=O) groups is 1. The van der Waals surface area contributed by atoms with E-state index in [0.717, 1.165) is 0 Å². The van der Waals surface area contributed by atoms with Crippen LogP contribution >= 0.6 is 11.6 Å². The third kappa shape index (κ3) is 3.85. The molecule has 0 bridgehead atoms. The van der Waals surface area contributed by atoms with Crippen molar-refractivity contribution in [3.63, 3.8) is 0 Å². The molecule has 0 amide bonds. The summed E-state index contributed by atoms with van der Waals surface area (Å²) in [5, 5.41) is 12.0. The largest absolute Gasteiger partial charge is 0.478 e. The molecule has 1 aliphatic heterocycles. The van der Waals surface area contributed by atoms with E-state index in [1.165, 1.54) is 12.1 Å². The van der Waals surface area contributed by atoms with E-state index >= 15 is 0 Å². The Hall–Kier alpha value is -2.45. The number of aromatic nitrogens is 3. The van der Waals surface area contributed by atoms with Crippen LogP contribution in [0.25, 0.3) is 0 Å². The Morgan fingerprint density at radius 2 is 1.87 bits per heavy atom. The Morgan fingerprint density at radius 1 is 1.17 bits per heavy atom. The zero-order valence-electron chi connectivity index (χ0n) is 12.1. The van der Waals surface area contributed by atoms with Crippen molar-refractivity contribution in [3.8, 4) is 0 Å². The van der Waals surface area contributed by atoms with Crippen LogP contribution in [0.2, 0.25) is 5.28 Å². The summed E-state index contributed by atoms with van der Waals surface area (Å²) in [4.78, 5) is 25.3. The number of ether oxygens (including phenoxy) is 1. The maximum atomic E-state index is 10.8. The van der Waals surface area contributed by atoms with E-state index < -0.39 is 5.97 Å². The Bertz CT molecular complexity index is 704. The van der Waals surface area contributed by atoms with E-state index in [0.29, 0.717) is 43.9 Å². The van der Waals surface area contributed by atoms with Crippen molar-refractivity contribution in [2.24, 2.45) is 0 Å². The van der Waals surface area contributed by atoms with Crippen LogP contribution in [0.3, 0.4) is 0 Å². The number of anilines is 3. The average Bonchev–Trinajstić information content (AvgIpc) is 2.55. The molecule has 120 valence electrons. The number of hydrogen-bond donors (Lipinski definition) is 2. The van der Waals surface area contributed by atoms with Crippen molar-refractivity contribution in [2.75, 3.05) is 36.5 Å². The van der Waals surface area contributed by atoms with Crippen LogP contribution in [0, 0.1) is 0 Å². The molecule has 8 nitrogen and oxygen atoms in total. The number of aromatic carboxylic acids is 1. The minimum absolute atomic E-state index is 0.0890. The summed E-state index contributed by atoms with van der Waals surface area (Å²) < 4.78 is 5.30. The van der Waals surface area contributed by atoms with Gasteiger partial charge in [-0.15, -0.1) is 0 Å². The fraction of sp³-hybridized carbons (Fsp3) is 0.286. The molecule has 0 radical (unpaired) electrons. The van der Waals surface area contributed by atoms with Gasteiger partial charge < -0.3 is 20.1 Å². The molecule has 0 spiro atoms. The molecule has 23 heavy (non-hydrogen) atoms. The zero-order valence-corrected chi connectivity index (χ0v) is 12.8. The second kappa shape index (κ2) is 6.76. The molecule has 9 heteroatoms. The van der Waals surface area contributed by atoms with Gasteiger partial charge in [-0.3, -0.25) is 0 Å². The van der Waals surface area contributed by atoms with Crippen LogP contribution in [0.15, 0.2) is 24.3 Å². The van der Waals surface area contributed by atoms with Gasteiger partial charge in [0.2, 0.25) is 17.2 Å². The number of carboxylic acid groups (broad SMARTS) is 1. The summed E-state index contributed by atoms with van der Waals surface area (Å²) in [7, 11) is 0. The molecule has 1 aliphatic rings. The standard InChI is InChI=1S/C14H14ClN5O3/c15-12-17-13(16-10-3-1-9(2-4-10)11(21)22)19-14(18-12)20-5-7-23-8-6-20/h1-4H,5-8H2,(H,21,22)(H,16,17,18,19). The lowest BCUT2D eigenvalue weighted by molar-refractivity contribution is 0.0697. The minimum atomic E-state index is -0.977. The number of benzene rings is 1. The highest BCUT2D eigenvalue weighted by molar-refractivity contribution is 6.28. The van der Waals surface area contributed by atoms with Gasteiger partial charge in [-0.1, -0.05) is 0 Å². The van der Waals surface area contributed by atoms with Crippen LogP contribution < -0.4 is 10.2 Å². The predicted molar refractivity (Wildman–Crippen MR) is 84.6 cm³/mol. The lowest BCUT2D eigenvalue weighted by Crippen LogP contribution is -2.37. The van der Waals surface area contributed by atoms with Crippen LogP contribution in [-0.4, -0.2) is 52.3 Å². The molecule has 0 saturated carbocycles. The van der Waals surface area contributed by atoms with Gasteiger partial charge in [-0.2, -0.15) is 15.0 Å². The first-order chi connectivity index (χ1) is 11.1. The van der Waals surface area contributed by atoms with Crippen molar-refractivity contribution in [1.82, 2.24) is 15.0 Å². The minimum Gasteiger partial charge on any atom is -0.478 e. The maximum absolute atomic E-state index is 10.8. The predicted octanol–water partition coefficient (Wildman–Crippen LogP) is 1.80. The van der Waals surface area contributed by atoms with E-state index in [9.17, 15) is 4.79 Å². The average molecular weight is 336 g/mol. The van der Waals surface area contributed by atoms with E-state index in [1.807, 2.05) is 4.90 Å². The van der Waals surface area contributed by atoms with Crippen molar-refractivity contribution in [2.45, 2.75) is 0 Å². The first kappa shape index (κ1) is 15.4. The molecule has 3 rings (SSSR count). The first-order valence-corrected chi connectivity index (χ1v) is 7.34. The molecule has 0 unspecified atom stereocenters. The van der Waals surface area contributed by atoms with Crippen molar-refractivity contribution in [1.29, 1.82) is 0 Å². The van der Waals surface area contributed by atoms with Gasteiger partial charge in [-0.25, -0.2) is 4.79 Å². The number of rotatable bonds is 4. The van der Waals surface area contributed by atoms with E-state index in [1.54, 1.807) is 12.1 Å². The van der Waals surface area contributed by atoms with Crippen LogP contribution in [-0.2, 0) is 4.74 Å². The highest BCUT2D eigenvalue weighted by Crippen LogP contribution is 2.19. The molecule has 0 atom stereocenters. The van der Waals surface area contributed by atoms with Crippen LogP contribution in [0.5, 0.6) is 0 Å². The van der Waals surface area contributed by atoms with Crippen molar-refractivity contribution in [3.05, 3.63) is 35.1 Å². The molecule has 1 aromatic heterocycles. The quantitative estimate of drug-likeness (QED) is 0.872. The first-order valence-electron chi connectivity index (χ1n) is 6.96. The fourth-order valence-electron chi connectivity index (χ4n) is 2.13. The molecular weight excluding hydrogens is 322 g/mol. The lowest BCUT2D eigenvalue weighted by Gasteiger charge is -2.26. The van der Waals surface area contributed by atoms with Gasteiger partial charge in [0.1, 0.15) is 0 Å². The Morgan fingerprint density at radius 3 is 2.52 bits per heavy atom. The Balaban J connectivity index is 1.79. The van der Waals surface area contributed by atoms with Crippen LogP contribution in [0.4, 0.5) is 17.6 Å². The number of carboxylic acids is 1. The summed E-state index contributed by atoms with van der Waals surface area (Å²) in [5.74, 6) is -0.193. The Kier molecular flexibility index (Phi) is 4.54. The molecule has 1 fully saturated rings. The van der Waals surface area contributed by atoms with Gasteiger partial charge in [-0.05, 0) is 35.9 Å². The summed E-state index contributed by atoms with van der Waals surface area (Å²) in [6.45, 7) is 2.60. The second-order valence-corrected chi connectivity index (χ2v) is 5.17. The molecule has 0 aliphatic carbocycles. The van der Waals surface area contributed by atoms with Gasteiger partial charge in [0, 0.05) is 18.8 Å². The number of nitrogens with zero attached hydrogens (tertiary/aromatic N) is 4.